The Bertz CT molecular complexity index is 2730. The van der Waals surface area contributed by atoms with Gasteiger partial charge in [-0.05, 0) is 63.6 Å². The zero-order valence-electron chi connectivity index (χ0n) is 47.3. The Hall–Kier alpha value is -5.85. The maximum absolute atomic E-state index is 13.7. The van der Waals surface area contributed by atoms with Crippen LogP contribution in [0.2, 0.25) is 18.1 Å². The lowest BCUT2D eigenvalue weighted by Crippen LogP contribution is -2.70. The van der Waals surface area contributed by atoms with Crippen LogP contribution in [0.3, 0.4) is 0 Å². The minimum atomic E-state index is -2.43. The third-order valence-electron chi connectivity index (χ3n) is 15.0. The molecule has 6 aromatic carbocycles. The maximum atomic E-state index is 13.7. The Labute approximate surface area is 474 Å². The number of carbonyl (C=O) groups is 1. The summed E-state index contributed by atoms with van der Waals surface area (Å²) in [6.07, 6.45) is -9.00. The predicted molar refractivity (Wildman–Crippen MR) is 309 cm³/mol. The summed E-state index contributed by atoms with van der Waals surface area (Å²) >= 11 is 0. The van der Waals surface area contributed by atoms with Crippen LogP contribution >= 0.6 is 0 Å². The van der Waals surface area contributed by atoms with Gasteiger partial charge in [0.05, 0.1) is 60.0 Å². The molecule has 0 N–H and O–H groups in total. The molecule has 14 heteroatoms. The highest BCUT2D eigenvalue weighted by molar-refractivity contribution is 6.74. The van der Waals surface area contributed by atoms with E-state index in [0.29, 0.717) is 5.75 Å². The summed E-state index contributed by atoms with van der Waals surface area (Å²) in [5.74, 6) is 0.131. The largest absolute Gasteiger partial charge is 0.497 e. The summed E-state index contributed by atoms with van der Waals surface area (Å²) in [5.41, 5.74) is 5.51. The number of methoxy groups -OCH3 is 1. The van der Waals surface area contributed by atoms with E-state index in [1.165, 1.54) is 6.92 Å². The summed E-state index contributed by atoms with van der Waals surface area (Å²) in [5, 5.41) is -0.143. The average Bonchev–Trinajstić information content (AvgIpc) is 3.55. The highest BCUT2D eigenvalue weighted by atomic mass is 28.4. The number of ether oxygens (including phenoxy) is 11. The molecule has 0 unspecified atom stereocenters. The molecule has 80 heavy (non-hydrogen) atoms. The van der Waals surface area contributed by atoms with Crippen molar-refractivity contribution in [1.29, 1.82) is 0 Å². The Morgan fingerprint density at radius 3 is 1.18 bits per heavy atom. The van der Waals surface area contributed by atoms with Crippen LogP contribution in [-0.4, -0.2) is 102 Å². The predicted octanol–water partition coefficient (Wildman–Crippen LogP) is 12.2. The van der Waals surface area contributed by atoms with E-state index in [1.807, 2.05) is 176 Å². The van der Waals surface area contributed by atoms with Gasteiger partial charge < -0.3 is 56.5 Å². The van der Waals surface area contributed by atoms with Crippen LogP contribution in [0.15, 0.2) is 189 Å². The molecule has 426 valence electrons. The molecule has 2 aliphatic rings. The smallest absolute Gasteiger partial charge is 0.303 e. The summed E-state index contributed by atoms with van der Waals surface area (Å²) < 4.78 is 83.6. The average molecular weight is 1110 g/mol. The quantitative estimate of drug-likeness (QED) is 0.0263. The van der Waals surface area contributed by atoms with E-state index in [4.69, 9.17) is 56.5 Å². The first kappa shape index (κ1) is 60.2. The first-order valence-electron chi connectivity index (χ1n) is 27.7. The number of hydrogen-bond donors (Lipinski definition) is 0. The van der Waals surface area contributed by atoms with Crippen LogP contribution in [0, 0.1) is 0 Å². The van der Waals surface area contributed by atoms with Gasteiger partial charge in [-0.2, -0.15) is 0 Å². The number of carbonyl (C=O) groups excluding carboxylic acids is 1. The summed E-state index contributed by atoms with van der Waals surface area (Å²) in [6, 6.07) is 57.3. The second-order valence-corrected chi connectivity index (χ2v) is 26.6. The molecule has 1 aliphatic heterocycles. The van der Waals surface area contributed by atoms with Gasteiger partial charge in [0.15, 0.2) is 20.7 Å². The fourth-order valence-corrected chi connectivity index (χ4v) is 10.7. The van der Waals surface area contributed by atoms with Crippen LogP contribution in [0.25, 0.3) is 0 Å². The Morgan fingerprint density at radius 2 is 0.825 bits per heavy atom. The van der Waals surface area contributed by atoms with Crippen LogP contribution in [0.4, 0.5) is 0 Å². The normalized spacial score (nSPS) is 24.2. The molecule has 0 amide bonds. The van der Waals surface area contributed by atoms with E-state index >= 15 is 0 Å². The Morgan fingerprint density at radius 1 is 0.487 bits per heavy atom. The van der Waals surface area contributed by atoms with Gasteiger partial charge in [-0.3, -0.25) is 4.79 Å². The molecule has 0 bridgehead atoms. The van der Waals surface area contributed by atoms with Gasteiger partial charge in [0.2, 0.25) is 0 Å². The molecule has 1 saturated heterocycles. The van der Waals surface area contributed by atoms with Gasteiger partial charge in [0.25, 0.3) is 0 Å². The summed E-state index contributed by atoms with van der Waals surface area (Å²) in [7, 11) is -0.802. The first-order valence-corrected chi connectivity index (χ1v) is 30.6. The number of benzene rings is 6. The van der Waals surface area contributed by atoms with E-state index < -0.39 is 81.6 Å². The Kier molecular flexibility index (Phi) is 22.4. The molecule has 1 aliphatic carbocycles. The van der Waals surface area contributed by atoms with Gasteiger partial charge in [-0.25, -0.2) is 0 Å². The summed E-state index contributed by atoms with van der Waals surface area (Å²) in [4.78, 5) is 13.7. The lowest BCUT2D eigenvalue weighted by molar-refractivity contribution is -0.359. The van der Waals surface area contributed by atoms with Gasteiger partial charge in [-0.15, -0.1) is 6.58 Å². The number of rotatable bonds is 28. The standard InChI is InChI=1S/C66H80O13Si/c1-9-39-69-58-59(72-42-50-29-19-12-20-30-50)60(73-43-51-31-21-13-22-32-51)62(74-44-52-33-23-14-24-34-52)63(61(58)75-45-53-35-37-54(68-6)38-36-53)79-65-64(77-47(2)67)57(71-41-49-27-17-11-18-28-49)56(70-40-48-25-15-10-16-26-48)55(78-65)46-76-80(7,8)66(3,4)5/h9-38,55-65H,1,39-46H2,2-8H3/t55-,56-,57+,58-,59-,60+,61+,62-,63+,64+,65-/m1/s1. The van der Waals surface area contributed by atoms with E-state index in [9.17, 15) is 4.79 Å². The second-order valence-electron chi connectivity index (χ2n) is 21.8. The third-order valence-corrected chi connectivity index (χ3v) is 19.5. The number of esters is 1. The highest BCUT2D eigenvalue weighted by Crippen LogP contribution is 2.41. The lowest BCUT2D eigenvalue weighted by Gasteiger charge is -2.52. The van der Waals surface area contributed by atoms with Gasteiger partial charge in [-0.1, -0.05) is 191 Å². The zero-order chi connectivity index (χ0) is 56.3. The van der Waals surface area contributed by atoms with Crippen molar-refractivity contribution in [2.75, 3.05) is 20.3 Å². The van der Waals surface area contributed by atoms with Crippen molar-refractivity contribution < 1.29 is 61.3 Å². The van der Waals surface area contributed by atoms with Crippen LogP contribution in [0.5, 0.6) is 5.75 Å². The van der Waals surface area contributed by atoms with E-state index in [1.54, 1.807) is 13.2 Å². The molecule has 13 nitrogen and oxygen atoms in total. The Balaban J connectivity index is 1.28. The highest BCUT2D eigenvalue weighted by Gasteiger charge is 2.59. The molecule has 0 aromatic heterocycles. The van der Waals surface area contributed by atoms with Crippen molar-refractivity contribution in [3.05, 3.63) is 222 Å². The van der Waals surface area contributed by atoms with Crippen LogP contribution < -0.4 is 4.74 Å². The van der Waals surface area contributed by atoms with Crippen molar-refractivity contribution in [3.8, 4) is 5.75 Å². The van der Waals surface area contributed by atoms with Crippen molar-refractivity contribution in [1.82, 2.24) is 0 Å². The topological polar surface area (TPSA) is 128 Å². The van der Waals surface area contributed by atoms with Crippen LogP contribution in [-0.2, 0) is 96.2 Å². The molecule has 6 aromatic rings. The molecule has 1 saturated carbocycles. The minimum Gasteiger partial charge on any atom is -0.497 e. The van der Waals surface area contributed by atoms with Gasteiger partial charge in [0.1, 0.15) is 60.7 Å². The maximum Gasteiger partial charge on any atom is 0.303 e. The van der Waals surface area contributed by atoms with E-state index in [-0.39, 0.29) is 57.9 Å². The fourth-order valence-electron chi connectivity index (χ4n) is 9.64. The van der Waals surface area contributed by atoms with Crippen molar-refractivity contribution >= 4 is 14.3 Å². The molecule has 2 fully saturated rings. The number of hydrogen-bond acceptors (Lipinski definition) is 13. The molecule has 0 radical (unpaired) electrons. The second kappa shape index (κ2) is 29.7. The van der Waals surface area contributed by atoms with Crippen molar-refractivity contribution in [2.45, 2.75) is 153 Å². The lowest BCUT2D eigenvalue weighted by atomic mass is 9.83. The van der Waals surface area contributed by atoms with Crippen molar-refractivity contribution in [2.24, 2.45) is 0 Å². The molecule has 0 spiro atoms. The van der Waals surface area contributed by atoms with Crippen LogP contribution in [0.1, 0.15) is 61.1 Å². The molecule has 1 heterocycles. The molecular formula is C66H80O13Si. The molecule has 11 atom stereocenters. The SMILES string of the molecule is C=CCO[C@@H]1[C@@H](OCc2ccccc2)[C@H](OCc2ccccc2)[C@@H](OCc2ccccc2)[C@@H](O[C@H]2O[C@H](CO[Si](C)(C)C(C)(C)C)[C@@H](OCc3ccccc3)[C@H](OCc3ccccc3)[C@@H]2OC(C)=O)[C@H]1OCc1ccc(OC)cc1. The van der Waals surface area contributed by atoms with Gasteiger partial charge >= 0.3 is 5.97 Å². The third kappa shape index (κ3) is 16.9. The van der Waals surface area contributed by atoms with E-state index in [2.05, 4.69) is 40.4 Å². The van der Waals surface area contributed by atoms with Gasteiger partial charge in [0, 0.05) is 6.92 Å². The fraction of sp³-hybridized carbons (Fsp3) is 0.409. The van der Waals surface area contributed by atoms with Crippen molar-refractivity contribution in [3.63, 3.8) is 0 Å². The van der Waals surface area contributed by atoms with E-state index in [0.717, 1.165) is 33.4 Å². The minimum absolute atomic E-state index is 0.118. The molecular weight excluding hydrogens is 1030 g/mol. The summed E-state index contributed by atoms with van der Waals surface area (Å²) in [6.45, 7) is 17.7. The first-order chi connectivity index (χ1) is 38.8. The monoisotopic (exact) mass is 1110 g/mol. The molecule has 8 rings (SSSR count). The zero-order valence-corrected chi connectivity index (χ0v) is 48.3.